The van der Waals surface area contributed by atoms with Gasteiger partial charge in [-0.3, -0.25) is 0 Å². The number of hydrogen-bond donors (Lipinski definition) is 0. The standard InChI is InChI=1S/C7H2BrF2NS/c8-7-11-5-3(9)1-2-4(10)6(5)12-7/h1-2H. The minimum Gasteiger partial charge on any atom is -0.226 e. The van der Waals surface area contributed by atoms with E-state index in [4.69, 9.17) is 0 Å². The highest BCUT2D eigenvalue weighted by molar-refractivity contribution is 9.11. The van der Waals surface area contributed by atoms with Crippen LogP contribution in [0.3, 0.4) is 0 Å². The summed E-state index contributed by atoms with van der Waals surface area (Å²) in [4.78, 5) is 3.79. The van der Waals surface area contributed by atoms with Gasteiger partial charge in [-0.05, 0) is 28.1 Å². The molecule has 62 valence electrons. The summed E-state index contributed by atoms with van der Waals surface area (Å²) >= 11 is 4.15. The smallest absolute Gasteiger partial charge is 0.160 e. The Balaban J connectivity index is 2.93. The van der Waals surface area contributed by atoms with Gasteiger partial charge in [0.2, 0.25) is 0 Å². The van der Waals surface area contributed by atoms with E-state index >= 15 is 0 Å². The average Bonchev–Trinajstić information content (AvgIpc) is 2.41. The molecule has 0 aliphatic rings. The van der Waals surface area contributed by atoms with Crippen LogP contribution < -0.4 is 0 Å². The van der Waals surface area contributed by atoms with Crippen LogP contribution in [0.1, 0.15) is 0 Å². The van der Waals surface area contributed by atoms with Crippen LogP contribution in [0.5, 0.6) is 0 Å². The molecule has 0 N–H and O–H groups in total. The minimum atomic E-state index is -0.492. The van der Waals surface area contributed by atoms with E-state index in [0.717, 1.165) is 23.5 Å². The molecular weight excluding hydrogens is 248 g/mol. The summed E-state index contributed by atoms with van der Waals surface area (Å²) in [5, 5.41) is 0. The maximum absolute atomic E-state index is 13.0. The predicted octanol–water partition coefficient (Wildman–Crippen LogP) is 3.34. The summed E-state index contributed by atoms with van der Waals surface area (Å²) in [6.45, 7) is 0. The Morgan fingerprint density at radius 2 is 1.92 bits per heavy atom. The number of benzene rings is 1. The number of nitrogens with zero attached hydrogens (tertiary/aromatic N) is 1. The third kappa shape index (κ3) is 1.13. The Bertz CT molecular complexity index is 401. The second-order valence-corrected chi connectivity index (χ2v) is 4.45. The van der Waals surface area contributed by atoms with Gasteiger partial charge in [0.1, 0.15) is 11.3 Å². The van der Waals surface area contributed by atoms with E-state index in [2.05, 4.69) is 20.9 Å². The van der Waals surface area contributed by atoms with Crippen LogP contribution in [0, 0.1) is 11.6 Å². The van der Waals surface area contributed by atoms with Crippen molar-refractivity contribution in [1.29, 1.82) is 0 Å². The van der Waals surface area contributed by atoms with E-state index in [0.29, 0.717) is 3.92 Å². The van der Waals surface area contributed by atoms with Gasteiger partial charge in [-0.1, -0.05) is 0 Å². The van der Waals surface area contributed by atoms with Crippen LogP contribution in [0.2, 0.25) is 0 Å². The molecule has 1 aromatic heterocycles. The van der Waals surface area contributed by atoms with E-state index in [9.17, 15) is 8.78 Å². The molecule has 1 nitrogen and oxygen atoms in total. The summed E-state index contributed by atoms with van der Waals surface area (Å²) < 4.78 is 26.6. The molecule has 0 radical (unpaired) electrons. The summed E-state index contributed by atoms with van der Waals surface area (Å²) in [5.74, 6) is -0.928. The van der Waals surface area contributed by atoms with Crippen LogP contribution in [0.25, 0.3) is 10.2 Å². The number of aromatic nitrogens is 1. The molecule has 2 aromatic rings. The third-order valence-electron chi connectivity index (χ3n) is 1.42. The molecule has 2 rings (SSSR count). The van der Waals surface area contributed by atoms with Crippen molar-refractivity contribution >= 4 is 37.5 Å². The van der Waals surface area contributed by atoms with E-state index < -0.39 is 11.6 Å². The van der Waals surface area contributed by atoms with E-state index in [1.807, 2.05) is 0 Å². The summed E-state index contributed by atoms with van der Waals surface area (Å²) in [6, 6.07) is 2.17. The maximum atomic E-state index is 13.0. The van der Waals surface area contributed by atoms with Crippen LogP contribution in [0.15, 0.2) is 16.0 Å². The normalized spacial score (nSPS) is 10.9. The van der Waals surface area contributed by atoms with E-state index in [1.54, 1.807) is 0 Å². The monoisotopic (exact) mass is 249 g/mol. The lowest BCUT2D eigenvalue weighted by atomic mass is 10.3. The number of hydrogen-bond acceptors (Lipinski definition) is 2. The van der Waals surface area contributed by atoms with Gasteiger partial charge in [-0.15, -0.1) is 11.3 Å². The quantitative estimate of drug-likeness (QED) is 0.698. The fraction of sp³-hybridized carbons (Fsp3) is 0. The molecule has 0 atom stereocenters. The highest BCUT2D eigenvalue weighted by Gasteiger charge is 2.10. The topological polar surface area (TPSA) is 12.9 Å². The first kappa shape index (κ1) is 8.07. The molecule has 0 amide bonds. The lowest BCUT2D eigenvalue weighted by Crippen LogP contribution is -1.80. The van der Waals surface area contributed by atoms with Gasteiger partial charge in [0, 0.05) is 0 Å². The number of thiazole rings is 1. The van der Waals surface area contributed by atoms with Crippen molar-refractivity contribution in [2.75, 3.05) is 0 Å². The van der Waals surface area contributed by atoms with Crippen molar-refractivity contribution < 1.29 is 8.78 Å². The highest BCUT2D eigenvalue weighted by Crippen LogP contribution is 2.29. The molecule has 0 spiro atoms. The Morgan fingerprint density at radius 1 is 1.25 bits per heavy atom. The van der Waals surface area contributed by atoms with Gasteiger partial charge in [0.05, 0.1) is 4.70 Å². The molecule has 1 aromatic carbocycles. The van der Waals surface area contributed by atoms with Gasteiger partial charge < -0.3 is 0 Å². The fourth-order valence-electron chi connectivity index (χ4n) is 0.919. The molecule has 12 heavy (non-hydrogen) atoms. The SMILES string of the molecule is Fc1ccc(F)c2sc(Br)nc12. The third-order valence-corrected chi connectivity index (χ3v) is 2.94. The zero-order valence-electron chi connectivity index (χ0n) is 5.64. The number of halogens is 3. The Hall–Kier alpha value is -0.550. The lowest BCUT2D eigenvalue weighted by molar-refractivity contribution is 0.617. The van der Waals surface area contributed by atoms with Gasteiger partial charge in [0.15, 0.2) is 9.73 Å². The van der Waals surface area contributed by atoms with Crippen LogP contribution in [-0.2, 0) is 0 Å². The van der Waals surface area contributed by atoms with Crippen LogP contribution in [0.4, 0.5) is 8.78 Å². The van der Waals surface area contributed by atoms with Crippen LogP contribution >= 0.6 is 27.3 Å². The molecule has 0 aliphatic heterocycles. The van der Waals surface area contributed by atoms with Crippen molar-refractivity contribution in [3.63, 3.8) is 0 Å². The molecular formula is C7H2BrF2NS. The minimum absolute atomic E-state index is 0.0897. The van der Waals surface area contributed by atoms with Crippen LogP contribution in [-0.4, -0.2) is 4.98 Å². The van der Waals surface area contributed by atoms with Gasteiger partial charge in [-0.2, -0.15) is 0 Å². The van der Waals surface area contributed by atoms with E-state index in [-0.39, 0.29) is 10.2 Å². The van der Waals surface area contributed by atoms with Crippen molar-refractivity contribution in [1.82, 2.24) is 4.98 Å². The van der Waals surface area contributed by atoms with Crippen molar-refractivity contribution in [3.05, 3.63) is 27.7 Å². The number of rotatable bonds is 0. The largest absolute Gasteiger partial charge is 0.226 e. The highest BCUT2D eigenvalue weighted by atomic mass is 79.9. The lowest BCUT2D eigenvalue weighted by Gasteiger charge is -1.90. The Kier molecular flexibility index (Phi) is 1.84. The molecule has 0 unspecified atom stereocenters. The molecule has 0 bridgehead atoms. The first-order valence-electron chi connectivity index (χ1n) is 3.08. The average molecular weight is 250 g/mol. The molecule has 0 fully saturated rings. The van der Waals surface area contributed by atoms with Crippen molar-refractivity contribution in [2.24, 2.45) is 0 Å². The van der Waals surface area contributed by atoms with Gasteiger partial charge in [-0.25, -0.2) is 13.8 Å². The fourth-order valence-corrected chi connectivity index (χ4v) is 2.29. The summed E-state index contributed by atoms with van der Waals surface area (Å²) in [6.07, 6.45) is 0. The molecule has 0 saturated carbocycles. The predicted molar refractivity (Wildman–Crippen MR) is 47.2 cm³/mol. The zero-order chi connectivity index (χ0) is 8.72. The zero-order valence-corrected chi connectivity index (χ0v) is 8.05. The molecule has 0 saturated heterocycles. The Labute approximate surface area is 79.2 Å². The second-order valence-electron chi connectivity index (χ2n) is 2.17. The maximum Gasteiger partial charge on any atom is 0.160 e. The summed E-state index contributed by atoms with van der Waals surface area (Å²) in [7, 11) is 0. The van der Waals surface area contributed by atoms with Gasteiger partial charge in [0.25, 0.3) is 0 Å². The van der Waals surface area contributed by atoms with Gasteiger partial charge >= 0.3 is 0 Å². The number of fused-ring (bicyclic) bond motifs is 1. The second kappa shape index (κ2) is 2.74. The molecule has 5 heteroatoms. The first-order chi connectivity index (χ1) is 5.68. The van der Waals surface area contributed by atoms with E-state index in [1.165, 1.54) is 0 Å². The molecule has 1 heterocycles. The van der Waals surface area contributed by atoms with Crippen molar-refractivity contribution in [2.45, 2.75) is 0 Å². The first-order valence-corrected chi connectivity index (χ1v) is 4.69. The summed E-state index contributed by atoms with van der Waals surface area (Å²) in [5.41, 5.74) is 0.0897. The Morgan fingerprint density at radius 3 is 2.58 bits per heavy atom. The van der Waals surface area contributed by atoms with Crippen molar-refractivity contribution in [3.8, 4) is 0 Å². The molecule has 0 aliphatic carbocycles.